The molecule has 0 radical (unpaired) electrons. The predicted molar refractivity (Wildman–Crippen MR) is 90.0 cm³/mol. The van der Waals surface area contributed by atoms with Crippen molar-refractivity contribution in [2.45, 2.75) is 64.3 Å². The Morgan fingerprint density at radius 3 is 2.52 bits per heavy atom. The molecule has 0 spiro atoms. The van der Waals surface area contributed by atoms with Gasteiger partial charge in [-0.2, -0.15) is 0 Å². The number of methoxy groups -OCH3 is 1. The number of hydrogen-bond acceptors (Lipinski definition) is 2. The predicted octanol–water partition coefficient (Wildman–Crippen LogP) is 4.58. The topological polar surface area (TPSA) is 21.3 Å². The van der Waals surface area contributed by atoms with Gasteiger partial charge in [0.2, 0.25) is 0 Å². The Labute approximate surface area is 130 Å². The Bertz CT molecular complexity index is 381. The van der Waals surface area contributed by atoms with Gasteiger partial charge in [0.15, 0.2) is 0 Å². The Morgan fingerprint density at radius 2 is 1.90 bits per heavy atom. The zero-order valence-electron chi connectivity index (χ0n) is 13.7. The molecule has 1 aromatic carbocycles. The number of ether oxygens (including phenoxy) is 1. The molecule has 1 atom stereocenters. The highest BCUT2D eigenvalue weighted by Gasteiger charge is 2.17. The van der Waals surface area contributed by atoms with E-state index < -0.39 is 0 Å². The van der Waals surface area contributed by atoms with Crippen LogP contribution in [0.3, 0.4) is 0 Å². The monoisotopic (exact) mass is 289 g/mol. The Morgan fingerprint density at radius 1 is 1.19 bits per heavy atom. The summed E-state index contributed by atoms with van der Waals surface area (Å²) < 4.78 is 5.24. The van der Waals surface area contributed by atoms with Gasteiger partial charge in [0.25, 0.3) is 0 Å². The first-order valence-electron chi connectivity index (χ1n) is 8.68. The van der Waals surface area contributed by atoms with E-state index in [0.717, 1.165) is 24.6 Å². The van der Waals surface area contributed by atoms with E-state index in [4.69, 9.17) is 4.74 Å². The van der Waals surface area contributed by atoms with Crippen LogP contribution in [0, 0.1) is 5.92 Å². The maximum atomic E-state index is 5.24. The van der Waals surface area contributed by atoms with Gasteiger partial charge in [-0.1, -0.05) is 44.7 Å². The van der Waals surface area contributed by atoms with Crippen LogP contribution in [0.5, 0.6) is 5.75 Å². The lowest BCUT2D eigenvalue weighted by atomic mass is 9.95. The second-order valence-corrected chi connectivity index (χ2v) is 6.43. The van der Waals surface area contributed by atoms with Crippen molar-refractivity contribution in [2.24, 2.45) is 5.92 Å². The molecule has 2 heteroatoms. The maximum Gasteiger partial charge on any atom is 0.118 e. The fourth-order valence-corrected chi connectivity index (χ4v) is 3.41. The summed E-state index contributed by atoms with van der Waals surface area (Å²) >= 11 is 0. The average molecular weight is 289 g/mol. The number of benzene rings is 1. The Balaban J connectivity index is 1.84. The fourth-order valence-electron chi connectivity index (χ4n) is 3.41. The minimum absolute atomic E-state index is 0.624. The number of nitrogens with one attached hydrogen (secondary N) is 1. The molecular formula is C19H31NO. The van der Waals surface area contributed by atoms with Gasteiger partial charge in [0, 0.05) is 6.04 Å². The summed E-state index contributed by atoms with van der Waals surface area (Å²) in [6.45, 7) is 3.37. The van der Waals surface area contributed by atoms with Crippen LogP contribution >= 0.6 is 0 Å². The first-order valence-corrected chi connectivity index (χ1v) is 8.68. The molecule has 2 nitrogen and oxygen atoms in total. The van der Waals surface area contributed by atoms with Crippen molar-refractivity contribution in [3.8, 4) is 5.75 Å². The van der Waals surface area contributed by atoms with Gasteiger partial charge >= 0.3 is 0 Å². The van der Waals surface area contributed by atoms with Crippen molar-refractivity contribution in [1.29, 1.82) is 0 Å². The molecule has 118 valence electrons. The van der Waals surface area contributed by atoms with E-state index >= 15 is 0 Å². The summed E-state index contributed by atoms with van der Waals surface area (Å²) in [5.74, 6) is 1.94. The zero-order chi connectivity index (χ0) is 14.9. The minimum atomic E-state index is 0.624. The molecule has 0 heterocycles. The second-order valence-electron chi connectivity index (χ2n) is 6.43. The summed E-state index contributed by atoms with van der Waals surface area (Å²) in [6.07, 6.45) is 10.9. The molecule has 1 aliphatic rings. The summed E-state index contributed by atoms with van der Waals surface area (Å²) in [7, 11) is 1.72. The van der Waals surface area contributed by atoms with Crippen molar-refractivity contribution in [3.05, 3.63) is 29.8 Å². The molecule has 1 fully saturated rings. The van der Waals surface area contributed by atoms with Crippen molar-refractivity contribution in [3.63, 3.8) is 0 Å². The van der Waals surface area contributed by atoms with Crippen LogP contribution in [0.4, 0.5) is 0 Å². The molecule has 0 aromatic heterocycles. The highest BCUT2D eigenvalue weighted by molar-refractivity contribution is 5.27. The quantitative estimate of drug-likeness (QED) is 0.718. The van der Waals surface area contributed by atoms with Crippen LogP contribution < -0.4 is 10.1 Å². The van der Waals surface area contributed by atoms with E-state index in [9.17, 15) is 0 Å². The van der Waals surface area contributed by atoms with E-state index in [1.54, 1.807) is 7.11 Å². The van der Waals surface area contributed by atoms with Gasteiger partial charge in [-0.3, -0.25) is 0 Å². The molecule has 1 N–H and O–H groups in total. The highest BCUT2D eigenvalue weighted by Crippen LogP contribution is 2.29. The van der Waals surface area contributed by atoms with Crippen LogP contribution in [0.2, 0.25) is 0 Å². The number of rotatable bonds is 9. The largest absolute Gasteiger partial charge is 0.497 e. The normalized spacial score (nSPS) is 17.0. The SMILES string of the molecule is CCCNC(CCC1CCCC1)Cc1ccc(OC)cc1. The lowest BCUT2D eigenvalue weighted by Crippen LogP contribution is -2.32. The zero-order valence-corrected chi connectivity index (χ0v) is 13.7. The molecular weight excluding hydrogens is 258 g/mol. The van der Waals surface area contributed by atoms with Crippen LogP contribution in [-0.4, -0.2) is 19.7 Å². The molecule has 0 bridgehead atoms. The first-order chi connectivity index (χ1) is 10.3. The van der Waals surface area contributed by atoms with E-state index in [0.29, 0.717) is 6.04 Å². The molecule has 1 aromatic rings. The smallest absolute Gasteiger partial charge is 0.118 e. The minimum Gasteiger partial charge on any atom is -0.497 e. The maximum absolute atomic E-state index is 5.24. The van der Waals surface area contributed by atoms with Gasteiger partial charge in [0.1, 0.15) is 5.75 Å². The first kappa shape index (κ1) is 16.4. The van der Waals surface area contributed by atoms with Crippen molar-refractivity contribution in [1.82, 2.24) is 5.32 Å². The van der Waals surface area contributed by atoms with Crippen LogP contribution in [0.25, 0.3) is 0 Å². The molecule has 0 saturated heterocycles. The Hall–Kier alpha value is -1.02. The molecule has 21 heavy (non-hydrogen) atoms. The number of hydrogen-bond donors (Lipinski definition) is 1. The van der Waals surface area contributed by atoms with E-state index in [2.05, 4.69) is 36.5 Å². The summed E-state index contributed by atoms with van der Waals surface area (Å²) in [6, 6.07) is 9.18. The average Bonchev–Trinajstić information content (AvgIpc) is 3.04. The third kappa shape index (κ3) is 5.70. The lowest BCUT2D eigenvalue weighted by molar-refractivity contribution is 0.401. The van der Waals surface area contributed by atoms with Crippen LogP contribution in [-0.2, 0) is 6.42 Å². The van der Waals surface area contributed by atoms with Crippen LogP contribution in [0.1, 0.15) is 57.4 Å². The van der Waals surface area contributed by atoms with Gasteiger partial charge in [-0.05, 0) is 55.8 Å². The van der Waals surface area contributed by atoms with E-state index in [-0.39, 0.29) is 0 Å². The standard InChI is InChI=1S/C19H31NO/c1-3-14-20-18(11-8-16-6-4-5-7-16)15-17-9-12-19(21-2)13-10-17/h9-10,12-13,16,18,20H,3-8,11,14-15H2,1-2H3. The molecule has 1 aliphatic carbocycles. The summed E-state index contributed by atoms with van der Waals surface area (Å²) in [5.41, 5.74) is 1.41. The molecule has 1 saturated carbocycles. The second kappa shape index (κ2) is 9.09. The molecule has 2 rings (SSSR count). The summed E-state index contributed by atoms with van der Waals surface area (Å²) in [4.78, 5) is 0. The summed E-state index contributed by atoms with van der Waals surface area (Å²) in [5, 5.41) is 3.74. The van der Waals surface area contributed by atoms with Gasteiger partial charge in [-0.15, -0.1) is 0 Å². The third-order valence-corrected chi connectivity index (χ3v) is 4.72. The van der Waals surface area contributed by atoms with E-state index in [1.165, 1.54) is 50.5 Å². The van der Waals surface area contributed by atoms with Crippen LogP contribution in [0.15, 0.2) is 24.3 Å². The molecule has 0 aliphatic heterocycles. The lowest BCUT2D eigenvalue weighted by Gasteiger charge is -2.20. The van der Waals surface area contributed by atoms with Crippen molar-refractivity contribution < 1.29 is 4.74 Å². The van der Waals surface area contributed by atoms with Crippen molar-refractivity contribution >= 4 is 0 Å². The van der Waals surface area contributed by atoms with Gasteiger partial charge in [-0.25, -0.2) is 0 Å². The highest BCUT2D eigenvalue weighted by atomic mass is 16.5. The Kier molecular flexibility index (Phi) is 7.08. The fraction of sp³-hybridized carbons (Fsp3) is 0.684. The van der Waals surface area contributed by atoms with Gasteiger partial charge < -0.3 is 10.1 Å². The van der Waals surface area contributed by atoms with Crippen molar-refractivity contribution in [2.75, 3.05) is 13.7 Å². The molecule has 1 unspecified atom stereocenters. The molecule has 0 amide bonds. The van der Waals surface area contributed by atoms with Gasteiger partial charge in [0.05, 0.1) is 7.11 Å². The third-order valence-electron chi connectivity index (χ3n) is 4.72. The van der Waals surface area contributed by atoms with E-state index in [1.807, 2.05) is 0 Å².